The van der Waals surface area contributed by atoms with E-state index in [1.807, 2.05) is 19.0 Å². The van der Waals surface area contributed by atoms with E-state index in [1.54, 1.807) is 0 Å². The predicted octanol–water partition coefficient (Wildman–Crippen LogP) is 1.71. The van der Waals surface area contributed by atoms with Crippen molar-refractivity contribution in [3.63, 3.8) is 0 Å². The average molecular weight is 353 g/mol. The summed E-state index contributed by atoms with van der Waals surface area (Å²) < 4.78 is 45.9. The first-order valence-electron chi connectivity index (χ1n) is 7.74. The van der Waals surface area contributed by atoms with Crippen LogP contribution in [0.2, 0.25) is 0 Å². The second-order valence-corrected chi connectivity index (χ2v) is 8.00. The molecule has 1 atom stereocenters. The molecule has 1 heterocycles. The Morgan fingerprint density at radius 3 is 2.71 bits per heavy atom. The van der Waals surface area contributed by atoms with Gasteiger partial charge in [0.15, 0.2) is 0 Å². The molecule has 1 aromatic heterocycles. The summed E-state index contributed by atoms with van der Waals surface area (Å²) in [5.41, 5.74) is 1.84. The number of nitrogens with zero attached hydrogens (tertiary/aromatic N) is 2. The molecule has 0 saturated heterocycles. The van der Waals surface area contributed by atoms with Crippen LogP contribution in [0.1, 0.15) is 23.4 Å². The molecule has 0 radical (unpaired) electrons. The predicted molar refractivity (Wildman–Crippen MR) is 86.4 cm³/mol. The van der Waals surface area contributed by atoms with E-state index in [0.717, 1.165) is 29.2 Å². The van der Waals surface area contributed by atoms with Gasteiger partial charge in [0.05, 0.1) is 4.90 Å². The van der Waals surface area contributed by atoms with Gasteiger partial charge >= 0.3 is 0 Å². The van der Waals surface area contributed by atoms with Crippen LogP contribution in [0.15, 0.2) is 33.7 Å². The number of fused-ring (bicyclic) bond motifs is 1. The SMILES string of the molecule is CN(C)Cc1noc2c1CC(NS(=O)(=O)c1ccc(F)cc1)CC2. The Bertz CT molecular complexity index is 816. The van der Waals surface area contributed by atoms with Gasteiger partial charge in [-0.1, -0.05) is 5.16 Å². The summed E-state index contributed by atoms with van der Waals surface area (Å²) in [5, 5.41) is 4.10. The number of hydrogen-bond donors (Lipinski definition) is 1. The molecule has 8 heteroatoms. The van der Waals surface area contributed by atoms with Crippen LogP contribution < -0.4 is 4.72 Å². The van der Waals surface area contributed by atoms with E-state index < -0.39 is 15.8 Å². The standard InChI is InChI=1S/C16H20FN3O3S/c1-20(2)10-15-14-9-12(5-8-16(14)23-18-15)19-24(21,22)13-6-3-11(17)4-7-13/h3-4,6-7,12,19H,5,8-10H2,1-2H3. The number of sulfonamides is 1. The highest BCUT2D eigenvalue weighted by molar-refractivity contribution is 7.89. The van der Waals surface area contributed by atoms with Crippen molar-refractivity contribution < 1.29 is 17.3 Å². The fourth-order valence-electron chi connectivity index (χ4n) is 2.89. The van der Waals surface area contributed by atoms with Gasteiger partial charge in [0, 0.05) is 24.6 Å². The highest BCUT2D eigenvalue weighted by Crippen LogP contribution is 2.26. The molecule has 0 spiro atoms. The third-order valence-electron chi connectivity index (χ3n) is 4.03. The van der Waals surface area contributed by atoms with E-state index in [0.29, 0.717) is 25.8 Å². The third kappa shape index (κ3) is 3.66. The molecule has 0 amide bonds. The number of aryl methyl sites for hydroxylation is 1. The monoisotopic (exact) mass is 353 g/mol. The Morgan fingerprint density at radius 1 is 1.33 bits per heavy atom. The topological polar surface area (TPSA) is 75.4 Å². The first-order valence-corrected chi connectivity index (χ1v) is 9.22. The lowest BCUT2D eigenvalue weighted by molar-refractivity contribution is 0.343. The lowest BCUT2D eigenvalue weighted by Gasteiger charge is -2.23. The number of halogens is 1. The van der Waals surface area contributed by atoms with Crippen LogP contribution in [0.4, 0.5) is 4.39 Å². The highest BCUT2D eigenvalue weighted by atomic mass is 32.2. The Hall–Kier alpha value is -1.77. The van der Waals surface area contributed by atoms with Gasteiger partial charge in [-0.15, -0.1) is 0 Å². The first-order chi connectivity index (χ1) is 11.3. The van der Waals surface area contributed by atoms with Crippen LogP contribution in [-0.4, -0.2) is 38.6 Å². The van der Waals surface area contributed by atoms with Crippen molar-refractivity contribution in [3.05, 3.63) is 47.1 Å². The van der Waals surface area contributed by atoms with Crippen LogP contribution in [0.5, 0.6) is 0 Å². The molecule has 6 nitrogen and oxygen atoms in total. The van der Waals surface area contributed by atoms with Gasteiger partial charge in [-0.3, -0.25) is 0 Å². The average Bonchev–Trinajstić information content (AvgIpc) is 2.89. The van der Waals surface area contributed by atoms with E-state index in [9.17, 15) is 12.8 Å². The molecular formula is C16H20FN3O3S. The smallest absolute Gasteiger partial charge is 0.240 e. The molecule has 24 heavy (non-hydrogen) atoms. The van der Waals surface area contributed by atoms with Gasteiger partial charge in [0.1, 0.15) is 17.3 Å². The molecule has 0 bridgehead atoms. The molecule has 1 aliphatic carbocycles. The lowest BCUT2D eigenvalue weighted by Crippen LogP contribution is -2.38. The van der Waals surface area contributed by atoms with Crippen LogP contribution in [0.3, 0.4) is 0 Å². The fourth-order valence-corrected chi connectivity index (χ4v) is 4.16. The molecule has 1 N–H and O–H groups in total. The van der Waals surface area contributed by atoms with Crippen molar-refractivity contribution in [3.8, 4) is 0 Å². The summed E-state index contributed by atoms with van der Waals surface area (Å²) in [6.45, 7) is 0.649. The zero-order valence-electron chi connectivity index (χ0n) is 13.6. The molecule has 3 rings (SSSR count). The van der Waals surface area contributed by atoms with Gasteiger partial charge in [-0.05, 0) is 51.2 Å². The summed E-state index contributed by atoms with van der Waals surface area (Å²) in [6, 6.07) is 4.59. The molecule has 0 saturated carbocycles. The Labute approximate surface area is 140 Å². The molecule has 0 fully saturated rings. The minimum Gasteiger partial charge on any atom is -0.361 e. The summed E-state index contributed by atoms with van der Waals surface area (Å²) in [7, 11) is 0.210. The molecule has 0 aliphatic heterocycles. The maximum atomic E-state index is 13.0. The van der Waals surface area contributed by atoms with E-state index in [-0.39, 0.29) is 10.9 Å². The van der Waals surface area contributed by atoms with E-state index in [2.05, 4.69) is 9.88 Å². The second-order valence-electron chi connectivity index (χ2n) is 6.28. The van der Waals surface area contributed by atoms with Gasteiger partial charge in [-0.2, -0.15) is 0 Å². The first kappa shape index (κ1) is 17.1. The van der Waals surface area contributed by atoms with Crippen molar-refractivity contribution in [1.82, 2.24) is 14.8 Å². The van der Waals surface area contributed by atoms with Crippen molar-refractivity contribution in [2.45, 2.75) is 36.7 Å². The zero-order valence-corrected chi connectivity index (χ0v) is 14.4. The summed E-state index contributed by atoms with van der Waals surface area (Å²) in [5.74, 6) is 0.373. The fraction of sp³-hybridized carbons (Fsp3) is 0.438. The zero-order chi connectivity index (χ0) is 17.3. The number of rotatable bonds is 5. The van der Waals surface area contributed by atoms with E-state index >= 15 is 0 Å². The van der Waals surface area contributed by atoms with E-state index in [4.69, 9.17) is 4.52 Å². The molecule has 1 aromatic carbocycles. The van der Waals surface area contributed by atoms with Crippen molar-refractivity contribution >= 4 is 10.0 Å². The quantitative estimate of drug-likeness (QED) is 0.886. The van der Waals surface area contributed by atoms with Gasteiger partial charge < -0.3 is 9.42 Å². The largest absolute Gasteiger partial charge is 0.361 e. The van der Waals surface area contributed by atoms with Crippen LogP contribution in [0, 0.1) is 5.82 Å². The molecule has 2 aromatic rings. The minimum absolute atomic E-state index is 0.0635. The molecular weight excluding hydrogens is 333 g/mol. The maximum absolute atomic E-state index is 13.0. The second kappa shape index (κ2) is 6.62. The Balaban J connectivity index is 1.75. The lowest BCUT2D eigenvalue weighted by atomic mass is 9.92. The van der Waals surface area contributed by atoms with Crippen molar-refractivity contribution in [2.75, 3.05) is 14.1 Å². The molecule has 1 aliphatic rings. The maximum Gasteiger partial charge on any atom is 0.240 e. The number of benzene rings is 1. The van der Waals surface area contributed by atoms with Crippen LogP contribution in [-0.2, 0) is 29.4 Å². The normalized spacial score (nSPS) is 17.9. The Kier molecular flexibility index (Phi) is 4.71. The van der Waals surface area contributed by atoms with Gasteiger partial charge in [-0.25, -0.2) is 17.5 Å². The number of aromatic nitrogens is 1. The molecule has 130 valence electrons. The van der Waals surface area contributed by atoms with Crippen LogP contribution in [0.25, 0.3) is 0 Å². The minimum atomic E-state index is -3.68. The van der Waals surface area contributed by atoms with Gasteiger partial charge in [0.2, 0.25) is 10.0 Å². The summed E-state index contributed by atoms with van der Waals surface area (Å²) in [6.07, 6.45) is 1.83. The number of nitrogens with one attached hydrogen (secondary N) is 1. The van der Waals surface area contributed by atoms with Crippen LogP contribution >= 0.6 is 0 Å². The Morgan fingerprint density at radius 2 is 2.04 bits per heavy atom. The summed E-state index contributed by atoms with van der Waals surface area (Å²) >= 11 is 0. The highest BCUT2D eigenvalue weighted by Gasteiger charge is 2.29. The summed E-state index contributed by atoms with van der Waals surface area (Å²) in [4.78, 5) is 2.05. The van der Waals surface area contributed by atoms with Crippen molar-refractivity contribution in [2.24, 2.45) is 0 Å². The van der Waals surface area contributed by atoms with Crippen molar-refractivity contribution in [1.29, 1.82) is 0 Å². The van der Waals surface area contributed by atoms with E-state index in [1.165, 1.54) is 12.1 Å². The van der Waals surface area contributed by atoms with Gasteiger partial charge in [0.25, 0.3) is 0 Å². The number of hydrogen-bond acceptors (Lipinski definition) is 5. The third-order valence-corrected chi connectivity index (χ3v) is 5.57. The molecule has 1 unspecified atom stereocenters.